The number of amidine groups is 1. The van der Waals surface area contributed by atoms with Crippen LogP contribution in [-0.4, -0.2) is 37.6 Å². The number of aromatic amines is 1. The fourth-order valence-corrected chi connectivity index (χ4v) is 1.98. The van der Waals surface area contributed by atoms with Gasteiger partial charge in [0.15, 0.2) is 11.7 Å². The van der Waals surface area contributed by atoms with Gasteiger partial charge in [-0.15, -0.1) is 10.2 Å². The molecule has 18 heavy (non-hydrogen) atoms. The van der Waals surface area contributed by atoms with Gasteiger partial charge in [-0.3, -0.25) is 4.79 Å². The molecular weight excluding hydrogens is 238 g/mol. The van der Waals surface area contributed by atoms with Gasteiger partial charge in [0, 0.05) is 0 Å². The number of carbonyl (C=O) groups is 1. The zero-order valence-electron chi connectivity index (χ0n) is 9.92. The van der Waals surface area contributed by atoms with Crippen LogP contribution in [0.25, 0.3) is 0 Å². The third kappa shape index (κ3) is 1.87. The SMILES string of the molecule is CC(NC(=O)C1(C(N)=NO)CCC1)c1nn[nH]n1. The minimum Gasteiger partial charge on any atom is -0.409 e. The molecule has 0 radical (unpaired) electrons. The van der Waals surface area contributed by atoms with Crippen LogP contribution < -0.4 is 11.1 Å². The van der Waals surface area contributed by atoms with E-state index in [1.54, 1.807) is 6.92 Å². The molecular formula is C9H15N7O2. The molecule has 98 valence electrons. The molecule has 9 heteroatoms. The molecule has 1 aliphatic carbocycles. The van der Waals surface area contributed by atoms with Crippen LogP contribution in [0.1, 0.15) is 38.1 Å². The molecule has 0 saturated heterocycles. The summed E-state index contributed by atoms with van der Waals surface area (Å²) in [7, 11) is 0. The van der Waals surface area contributed by atoms with Gasteiger partial charge in [0.2, 0.25) is 5.91 Å². The van der Waals surface area contributed by atoms with Crippen molar-refractivity contribution in [1.29, 1.82) is 0 Å². The van der Waals surface area contributed by atoms with Crippen LogP contribution in [0, 0.1) is 5.41 Å². The summed E-state index contributed by atoms with van der Waals surface area (Å²) in [6.07, 6.45) is 2.03. The maximum Gasteiger partial charge on any atom is 0.234 e. The predicted octanol–water partition coefficient (Wildman–Crippen LogP) is -0.706. The quantitative estimate of drug-likeness (QED) is 0.242. The first-order valence-corrected chi connectivity index (χ1v) is 5.62. The zero-order valence-corrected chi connectivity index (χ0v) is 9.92. The maximum absolute atomic E-state index is 12.2. The van der Waals surface area contributed by atoms with E-state index in [9.17, 15) is 4.79 Å². The van der Waals surface area contributed by atoms with Crippen LogP contribution in [0.4, 0.5) is 0 Å². The molecule has 0 bridgehead atoms. The van der Waals surface area contributed by atoms with Gasteiger partial charge in [0.1, 0.15) is 5.41 Å². The van der Waals surface area contributed by atoms with Crippen molar-refractivity contribution in [2.24, 2.45) is 16.3 Å². The van der Waals surface area contributed by atoms with E-state index in [4.69, 9.17) is 10.9 Å². The first kappa shape index (κ1) is 12.3. The summed E-state index contributed by atoms with van der Waals surface area (Å²) in [6.45, 7) is 1.74. The fraction of sp³-hybridized carbons (Fsp3) is 0.667. The van der Waals surface area contributed by atoms with Crippen molar-refractivity contribution in [2.45, 2.75) is 32.2 Å². The van der Waals surface area contributed by atoms with Crippen LogP contribution in [0.2, 0.25) is 0 Å². The first-order chi connectivity index (χ1) is 8.60. The van der Waals surface area contributed by atoms with E-state index >= 15 is 0 Å². The second kappa shape index (κ2) is 4.59. The normalized spacial score (nSPS) is 19.9. The van der Waals surface area contributed by atoms with E-state index in [0.717, 1.165) is 6.42 Å². The summed E-state index contributed by atoms with van der Waals surface area (Å²) in [5.74, 6) is 0.0604. The average Bonchev–Trinajstić information content (AvgIpc) is 2.80. The Morgan fingerprint density at radius 3 is 2.83 bits per heavy atom. The molecule has 2 rings (SSSR count). The molecule has 1 aromatic rings. The van der Waals surface area contributed by atoms with E-state index < -0.39 is 5.41 Å². The second-order valence-corrected chi connectivity index (χ2v) is 4.39. The van der Waals surface area contributed by atoms with Crippen molar-refractivity contribution >= 4 is 11.7 Å². The van der Waals surface area contributed by atoms with Crippen molar-refractivity contribution in [2.75, 3.05) is 0 Å². The van der Waals surface area contributed by atoms with Gasteiger partial charge in [0.05, 0.1) is 6.04 Å². The molecule has 0 spiro atoms. The molecule has 5 N–H and O–H groups in total. The predicted molar refractivity (Wildman–Crippen MR) is 60.4 cm³/mol. The number of nitrogens with zero attached hydrogens (tertiary/aromatic N) is 4. The molecule has 9 nitrogen and oxygen atoms in total. The highest BCUT2D eigenvalue weighted by molar-refractivity contribution is 6.07. The van der Waals surface area contributed by atoms with Crippen molar-refractivity contribution in [3.05, 3.63) is 5.82 Å². The maximum atomic E-state index is 12.2. The summed E-state index contributed by atoms with van der Waals surface area (Å²) >= 11 is 0. The number of nitrogens with one attached hydrogen (secondary N) is 2. The number of carbonyl (C=O) groups excluding carboxylic acids is 1. The Morgan fingerprint density at radius 2 is 2.39 bits per heavy atom. The Bertz CT molecular complexity index is 451. The highest BCUT2D eigenvalue weighted by Crippen LogP contribution is 2.41. The third-order valence-electron chi connectivity index (χ3n) is 3.34. The third-order valence-corrected chi connectivity index (χ3v) is 3.34. The number of hydrogen-bond acceptors (Lipinski definition) is 6. The van der Waals surface area contributed by atoms with Gasteiger partial charge < -0.3 is 16.3 Å². The van der Waals surface area contributed by atoms with E-state index in [-0.39, 0.29) is 17.8 Å². The van der Waals surface area contributed by atoms with E-state index in [1.807, 2.05) is 0 Å². The Hall–Kier alpha value is -2.19. The minimum atomic E-state index is -0.896. The topological polar surface area (TPSA) is 142 Å². The number of tetrazole rings is 1. The lowest BCUT2D eigenvalue weighted by molar-refractivity contribution is -0.131. The van der Waals surface area contributed by atoms with Crippen LogP contribution >= 0.6 is 0 Å². The molecule has 0 aliphatic heterocycles. The van der Waals surface area contributed by atoms with Crippen LogP contribution in [0.15, 0.2) is 5.16 Å². The van der Waals surface area contributed by atoms with Gasteiger partial charge in [0.25, 0.3) is 0 Å². The smallest absolute Gasteiger partial charge is 0.234 e. The lowest BCUT2D eigenvalue weighted by Crippen LogP contribution is -2.54. The molecule has 1 fully saturated rings. The van der Waals surface area contributed by atoms with E-state index in [2.05, 4.69) is 31.1 Å². The summed E-state index contributed by atoms with van der Waals surface area (Å²) in [6, 6.07) is -0.389. The van der Waals surface area contributed by atoms with Crippen LogP contribution in [-0.2, 0) is 4.79 Å². The summed E-state index contributed by atoms with van der Waals surface area (Å²) in [5, 5.41) is 27.8. The number of aromatic nitrogens is 4. The number of amides is 1. The van der Waals surface area contributed by atoms with Crippen molar-refractivity contribution in [1.82, 2.24) is 25.9 Å². The molecule has 1 atom stereocenters. The van der Waals surface area contributed by atoms with Gasteiger partial charge in [-0.2, -0.15) is 5.21 Å². The summed E-state index contributed by atoms with van der Waals surface area (Å²) in [4.78, 5) is 12.2. The summed E-state index contributed by atoms with van der Waals surface area (Å²) < 4.78 is 0. The number of H-pyrrole nitrogens is 1. The number of nitrogens with two attached hydrogens (primary N) is 1. The molecule has 1 unspecified atom stereocenters. The van der Waals surface area contributed by atoms with Gasteiger partial charge in [-0.25, -0.2) is 0 Å². The Labute approximate surface area is 103 Å². The number of hydrogen-bond donors (Lipinski definition) is 4. The minimum absolute atomic E-state index is 0.0495. The van der Waals surface area contributed by atoms with Crippen molar-refractivity contribution < 1.29 is 10.0 Å². The van der Waals surface area contributed by atoms with Gasteiger partial charge in [-0.05, 0) is 19.8 Å². The standard InChI is InChI=1S/C9H15N7O2/c1-5(6-12-15-16-13-6)11-8(17)9(3-2-4-9)7(10)14-18/h5,18H,2-4H2,1H3,(H2,10,14)(H,11,17)(H,12,13,15,16). The fourth-order valence-electron chi connectivity index (χ4n) is 1.98. The average molecular weight is 253 g/mol. The van der Waals surface area contributed by atoms with E-state index in [0.29, 0.717) is 18.7 Å². The summed E-state index contributed by atoms with van der Waals surface area (Å²) in [5.41, 5.74) is 4.70. The van der Waals surface area contributed by atoms with Crippen LogP contribution in [0.3, 0.4) is 0 Å². The monoisotopic (exact) mass is 253 g/mol. The highest BCUT2D eigenvalue weighted by Gasteiger charge is 2.48. The molecule has 1 heterocycles. The molecule has 1 aliphatic rings. The van der Waals surface area contributed by atoms with Crippen LogP contribution in [0.5, 0.6) is 0 Å². The Kier molecular flexibility index (Phi) is 3.13. The number of rotatable bonds is 4. The van der Waals surface area contributed by atoms with Gasteiger partial charge in [-0.1, -0.05) is 16.8 Å². The Morgan fingerprint density at radius 1 is 1.67 bits per heavy atom. The number of oxime groups is 1. The van der Waals surface area contributed by atoms with Crippen molar-refractivity contribution in [3.63, 3.8) is 0 Å². The zero-order chi connectivity index (χ0) is 13.2. The largest absolute Gasteiger partial charge is 0.409 e. The molecule has 1 aromatic heterocycles. The second-order valence-electron chi connectivity index (χ2n) is 4.39. The van der Waals surface area contributed by atoms with Crippen molar-refractivity contribution in [3.8, 4) is 0 Å². The lowest BCUT2D eigenvalue weighted by atomic mass is 9.67. The Balaban J connectivity index is 2.07. The van der Waals surface area contributed by atoms with Gasteiger partial charge >= 0.3 is 0 Å². The molecule has 1 amide bonds. The van der Waals surface area contributed by atoms with E-state index in [1.165, 1.54) is 0 Å². The highest BCUT2D eigenvalue weighted by atomic mass is 16.4. The lowest BCUT2D eigenvalue weighted by Gasteiger charge is -2.39. The molecule has 0 aromatic carbocycles. The molecule has 1 saturated carbocycles. The first-order valence-electron chi connectivity index (χ1n) is 5.62.